The second kappa shape index (κ2) is 5.38. The first-order valence-electron chi connectivity index (χ1n) is 5.46. The normalized spacial score (nSPS) is 20.3. The molecule has 0 saturated carbocycles. The molecule has 1 atom stereocenters. The van der Waals surface area contributed by atoms with Crippen LogP contribution in [0.15, 0.2) is 24.3 Å². The minimum atomic E-state index is -0.0771. The molecular weight excluding hydrogens is 242 g/mol. The van der Waals surface area contributed by atoms with Crippen LogP contribution >= 0.6 is 11.6 Å². The molecule has 1 aliphatic heterocycles. The topological polar surface area (TPSA) is 49.8 Å². The van der Waals surface area contributed by atoms with Gasteiger partial charge in [0.25, 0.3) is 5.91 Å². The fourth-order valence-electron chi connectivity index (χ4n) is 1.82. The Labute approximate surface area is 105 Å². The van der Waals surface area contributed by atoms with E-state index in [-0.39, 0.29) is 17.7 Å². The second-order valence-electron chi connectivity index (χ2n) is 3.93. The fraction of sp³-hybridized carbons (Fsp3) is 0.417. The van der Waals surface area contributed by atoms with Gasteiger partial charge in [0, 0.05) is 18.0 Å². The van der Waals surface area contributed by atoms with E-state index in [1.807, 2.05) is 0 Å². The molecule has 0 bridgehead atoms. The van der Waals surface area contributed by atoms with E-state index in [9.17, 15) is 9.90 Å². The Hall–Kier alpha value is -1.26. The third-order valence-electron chi connectivity index (χ3n) is 2.78. The fourth-order valence-corrected chi connectivity index (χ4v) is 2.08. The van der Waals surface area contributed by atoms with Crippen LogP contribution < -0.4 is 0 Å². The zero-order valence-corrected chi connectivity index (χ0v) is 10.1. The van der Waals surface area contributed by atoms with Crippen LogP contribution in [0, 0.1) is 0 Å². The lowest BCUT2D eigenvalue weighted by atomic mass is 10.1. The first-order valence-corrected chi connectivity index (χ1v) is 5.99. The van der Waals surface area contributed by atoms with Crippen LogP contribution in [-0.4, -0.2) is 47.6 Å². The summed E-state index contributed by atoms with van der Waals surface area (Å²) in [5.74, 6) is 0.445. The van der Waals surface area contributed by atoms with Crippen molar-refractivity contribution in [2.24, 2.45) is 0 Å². The molecule has 4 nitrogen and oxygen atoms in total. The van der Waals surface area contributed by atoms with Crippen LogP contribution in [0.2, 0.25) is 0 Å². The van der Waals surface area contributed by atoms with E-state index in [0.717, 1.165) is 0 Å². The molecule has 1 N–H and O–H groups in total. The number of aromatic hydroxyl groups is 1. The van der Waals surface area contributed by atoms with Crippen molar-refractivity contribution in [3.63, 3.8) is 0 Å². The lowest BCUT2D eigenvalue weighted by Gasteiger charge is -2.34. The summed E-state index contributed by atoms with van der Waals surface area (Å²) < 4.78 is 5.29. The summed E-state index contributed by atoms with van der Waals surface area (Å²) in [6.07, 6.45) is 0. The average Bonchev–Trinajstić information content (AvgIpc) is 2.39. The maximum absolute atomic E-state index is 12.2. The number of alkyl halides is 1. The smallest absolute Gasteiger partial charge is 0.254 e. The van der Waals surface area contributed by atoms with Crippen LogP contribution in [0.5, 0.6) is 5.75 Å². The van der Waals surface area contributed by atoms with Crippen molar-refractivity contribution in [3.8, 4) is 5.75 Å². The molecule has 5 heteroatoms. The number of carbonyl (C=O) groups is 1. The van der Waals surface area contributed by atoms with Gasteiger partial charge in [0.05, 0.1) is 19.3 Å². The molecule has 1 heterocycles. The molecule has 1 aliphatic rings. The van der Waals surface area contributed by atoms with Crippen LogP contribution in [0.4, 0.5) is 0 Å². The number of amides is 1. The predicted molar refractivity (Wildman–Crippen MR) is 64.5 cm³/mol. The van der Waals surface area contributed by atoms with Crippen molar-refractivity contribution in [2.45, 2.75) is 6.04 Å². The van der Waals surface area contributed by atoms with Gasteiger partial charge >= 0.3 is 0 Å². The highest BCUT2D eigenvalue weighted by Gasteiger charge is 2.27. The monoisotopic (exact) mass is 255 g/mol. The van der Waals surface area contributed by atoms with Gasteiger partial charge in [-0.1, -0.05) is 0 Å². The van der Waals surface area contributed by atoms with Crippen molar-refractivity contribution in [1.29, 1.82) is 0 Å². The number of morpholine rings is 1. The summed E-state index contributed by atoms with van der Waals surface area (Å²) in [6, 6.07) is 6.15. The average molecular weight is 256 g/mol. The summed E-state index contributed by atoms with van der Waals surface area (Å²) >= 11 is 5.82. The van der Waals surface area contributed by atoms with Gasteiger partial charge in [-0.05, 0) is 24.3 Å². The van der Waals surface area contributed by atoms with Gasteiger partial charge in [-0.25, -0.2) is 0 Å². The zero-order chi connectivity index (χ0) is 12.3. The number of hydrogen-bond acceptors (Lipinski definition) is 3. The number of rotatable bonds is 2. The van der Waals surface area contributed by atoms with E-state index >= 15 is 0 Å². The zero-order valence-electron chi connectivity index (χ0n) is 9.30. The summed E-state index contributed by atoms with van der Waals surface area (Å²) in [7, 11) is 0. The van der Waals surface area contributed by atoms with Crippen LogP contribution in [0.25, 0.3) is 0 Å². The van der Waals surface area contributed by atoms with Gasteiger partial charge in [0.15, 0.2) is 0 Å². The number of ether oxygens (including phenoxy) is 1. The van der Waals surface area contributed by atoms with E-state index in [1.54, 1.807) is 17.0 Å². The Morgan fingerprint density at radius 1 is 1.47 bits per heavy atom. The molecular formula is C12H14ClNO3. The number of carbonyl (C=O) groups excluding carboxylic acids is 1. The Morgan fingerprint density at radius 3 is 2.82 bits per heavy atom. The molecule has 17 heavy (non-hydrogen) atoms. The predicted octanol–water partition coefficient (Wildman–Crippen LogP) is 1.47. The van der Waals surface area contributed by atoms with E-state index in [4.69, 9.17) is 16.3 Å². The Morgan fingerprint density at radius 2 is 2.18 bits per heavy atom. The lowest BCUT2D eigenvalue weighted by Crippen LogP contribution is -2.49. The molecule has 1 aromatic rings. The summed E-state index contributed by atoms with van der Waals surface area (Å²) in [4.78, 5) is 13.9. The first-order chi connectivity index (χ1) is 8.22. The Bertz CT molecular complexity index is 393. The second-order valence-corrected chi connectivity index (χ2v) is 4.24. The van der Waals surface area contributed by atoms with Crippen molar-refractivity contribution >= 4 is 17.5 Å². The number of nitrogens with zero attached hydrogens (tertiary/aromatic N) is 1. The SMILES string of the molecule is O=C(c1ccc(O)cc1)N1CCOCC1CCl. The molecule has 1 amide bonds. The number of benzene rings is 1. The molecule has 0 spiro atoms. The highest BCUT2D eigenvalue weighted by atomic mass is 35.5. The van der Waals surface area contributed by atoms with Crippen molar-refractivity contribution in [3.05, 3.63) is 29.8 Å². The quantitative estimate of drug-likeness (QED) is 0.815. The van der Waals surface area contributed by atoms with Crippen LogP contribution in [0.1, 0.15) is 10.4 Å². The van der Waals surface area contributed by atoms with Crippen molar-refractivity contribution in [1.82, 2.24) is 4.90 Å². The summed E-state index contributed by atoms with van der Waals surface area (Å²) in [6.45, 7) is 1.57. The van der Waals surface area contributed by atoms with Crippen molar-refractivity contribution in [2.75, 3.05) is 25.6 Å². The molecule has 1 unspecified atom stereocenters. The Balaban J connectivity index is 2.15. The molecule has 2 rings (SSSR count). The Kier molecular flexibility index (Phi) is 3.86. The van der Waals surface area contributed by atoms with Crippen LogP contribution in [-0.2, 0) is 4.74 Å². The van der Waals surface area contributed by atoms with Gasteiger partial charge in [0.2, 0.25) is 0 Å². The highest BCUT2D eigenvalue weighted by molar-refractivity contribution is 6.18. The minimum absolute atomic E-state index is 0.0704. The lowest BCUT2D eigenvalue weighted by molar-refractivity contribution is 0.00456. The summed E-state index contributed by atoms with van der Waals surface area (Å²) in [5, 5.41) is 9.18. The maximum Gasteiger partial charge on any atom is 0.254 e. The third-order valence-corrected chi connectivity index (χ3v) is 3.14. The van der Waals surface area contributed by atoms with Gasteiger partial charge in [-0.15, -0.1) is 11.6 Å². The molecule has 0 radical (unpaired) electrons. The highest BCUT2D eigenvalue weighted by Crippen LogP contribution is 2.16. The standard InChI is InChI=1S/C12H14ClNO3/c13-7-10-8-17-6-5-14(10)12(16)9-1-3-11(15)4-2-9/h1-4,10,15H,5-8H2. The van der Waals surface area contributed by atoms with Gasteiger partial charge < -0.3 is 14.7 Å². The molecule has 92 valence electrons. The van der Waals surface area contributed by atoms with Crippen molar-refractivity contribution < 1.29 is 14.6 Å². The number of halogens is 1. The largest absolute Gasteiger partial charge is 0.508 e. The molecule has 1 fully saturated rings. The van der Waals surface area contributed by atoms with E-state index in [2.05, 4.69) is 0 Å². The van der Waals surface area contributed by atoms with Crippen LogP contribution in [0.3, 0.4) is 0 Å². The maximum atomic E-state index is 12.2. The van der Waals surface area contributed by atoms with Gasteiger partial charge in [0.1, 0.15) is 5.75 Å². The van der Waals surface area contributed by atoms with Gasteiger partial charge in [-0.2, -0.15) is 0 Å². The number of hydrogen-bond donors (Lipinski definition) is 1. The van der Waals surface area contributed by atoms with E-state index in [0.29, 0.717) is 31.2 Å². The number of phenolic OH excluding ortho intramolecular Hbond substituents is 1. The third kappa shape index (κ3) is 2.70. The molecule has 1 aromatic carbocycles. The van der Waals surface area contributed by atoms with Gasteiger partial charge in [-0.3, -0.25) is 4.79 Å². The molecule has 0 aliphatic carbocycles. The van der Waals surface area contributed by atoms with E-state index in [1.165, 1.54) is 12.1 Å². The number of phenols is 1. The molecule has 1 saturated heterocycles. The summed E-state index contributed by atoms with van der Waals surface area (Å²) in [5.41, 5.74) is 0.555. The minimum Gasteiger partial charge on any atom is -0.508 e. The van der Waals surface area contributed by atoms with E-state index < -0.39 is 0 Å². The first kappa shape index (κ1) is 12.2. The molecule has 0 aromatic heterocycles.